The summed E-state index contributed by atoms with van der Waals surface area (Å²) in [6, 6.07) is 14.0. The number of hydrogen-bond acceptors (Lipinski definition) is 4. The number of anilines is 1. The van der Waals surface area contributed by atoms with Crippen LogP contribution in [0.2, 0.25) is 0 Å². The summed E-state index contributed by atoms with van der Waals surface area (Å²) in [5, 5.41) is 17.2. The Kier molecular flexibility index (Phi) is 2.96. The third kappa shape index (κ3) is 1.88. The van der Waals surface area contributed by atoms with Crippen molar-refractivity contribution in [2.24, 2.45) is 0 Å². The van der Waals surface area contributed by atoms with E-state index in [1.165, 1.54) is 12.1 Å². The first-order chi connectivity index (χ1) is 11.1. The van der Waals surface area contributed by atoms with Crippen LogP contribution in [0.1, 0.15) is 23.6 Å². The molecule has 1 spiro atoms. The van der Waals surface area contributed by atoms with Crippen LogP contribution in [0.15, 0.2) is 48.5 Å². The van der Waals surface area contributed by atoms with Crippen LogP contribution in [0.3, 0.4) is 0 Å². The van der Waals surface area contributed by atoms with Crippen LogP contribution in [0.25, 0.3) is 0 Å². The second-order valence-electron chi connectivity index (χ2n) is 5.96. The minimum atomic E-state index is -0.646. The molecule has 4 rings (SSSR count). The predicted octanol–water partition coefficient (Wildman–Crippen LogP) is 2.52. The van der Waals surface area contributed by atoms with Gasteiger partial charge in [0.1, 0.15) is 0 Å². The van der Waals surface area contributed by atoms with Gasteiger partial charge in [-0.3, -0.25) is 14.9 Å². The van der Waals surface area contributed by atoms with E-state index in [0.717, 1.165) is 23.4 Å². The van der Waals surface area contributed by atoms with E-state index < -0.39 is 10.3 Å². The number of carbonyl (C=O) groups excluding carboxylic acids is 1. The third-order valence-electron chi connectivity index (χ3n) is 4.86. The number of rotatable bonds is 2. The number of carbonyl (C=O) groups is 1. The summed E-state index contributed by atoms with van der Waals surface area (Å²) in [4.78, 5) is 23.2. The fourth-order valence-electron chi connectivity index (χ4n) is 3.80. The molecule has 23 heavy (non-hydrogen) atoms. The van der Waals surface area contributed by atoms with Gasteiger partial charge in [0.15, 0.2) is 0 Å². The van der Waals surface area contributed by atoms with Gasteiger partial charge in [0.05, 0.1) is 16.4 Å². The molecule has 1 amide bonds. The minimum Gasteiger partial charge on any atom is -0.325 e. The molecular formula is C17H15N3O3. The number of non-ortho nitro benzene ring substituents is 1. The van der Waals surface area contributed by atoms with Crippen molar-refractivity contribution in [1.29, 1.82) is 0 Å². The zero-order valence-corrected chi connectivity index (χ0v) is 12.3. The van der Waals surface area contributed by atoms with Crippen LogP contribution in [0, 0.1) is 10.1 Å². The van der Waals surface area contributed by atoms with E-state index >= 15 is 0 Å². The Hall–Kier alpha value is -2.73. The number of fused-ring (bicyclic) bond motifs is 2. The molecule has 0 unspecified atom stereocenters. The van der Waals surface area contributed by atoms with E-state index in [4.69, 9.17) is 0 Å². The van der Waals surface area contributed by atoms with Crippen LogP contribution in [0.5, 0.6) is 0 Å². The van der Waals surface area contributed by atoms with Crippen LogP contribution in [0.4, 0.5) is 11.4 Å². The predicted molar refractivity (Wildman–Crippen MR) is 85.2 cm³/mol. The SMILES string of the molecule is O=C1Nc2ccccc2[C@@]12CCN[C@H]2c1ccc([N+](=O)[O-])cc1. The molecule has 2 aliphatic heterocycles. The van der Waals surface area contributed by atoms with E-state index in [0.29, 0.717) is 6.42 Å². The Labute approximate surface area is 132 Å². The molecule has 116 valence electrons. The van der Waals surface area contributed by atoms with Gasteiger partial charge in [0, 0.05) is 17.8 Å². The summed E-state index contributed by atoms with van der Waals surface area (Å²) in [6.45, 7) is 0.726. The molecular weight excluding hydrogens is 294 g/mol. The molecule has 2 N–H and O–H groups in total. The lowest BCUT2D eigenvalue weighted by molar-refractivity contribution is -0.384. The van der Waals surface area contributed by atoms with Crippen molar-refractivity contribution in [2.75, 3.05) is 11.9 Å². The van der Waals surface area contributed by atoms with Crippen molar-refractivity contribution in [3.05, 3.63) is 69.8 Å². The van der Waals surface area contributed by atoms with E-state index in [2.05, 4.69) is 10.6 Å². The highest BCUT2D eigenvalue weighted by Gasteiger charge is 2.55. The number of benzene rings is 2. The second-order valence-corrected chi connectivity index (χ2v) is 5.96. The molecule has 0 bridgehead atoms. The average molecular weight is 309 g/mol. The van der Waals surface area contributed by atoms with Gasteiger partial charge in [-0.05, 0) is 30.2 Å². The summed E-state index contributed by atoms with van der Waals surface area (Å²) >= 11 is 0. The molecule has 6 nitrogen and oxygen atoms in total. The van der Waals surface area contributed by atoms with E-state index in [-0.39, 0.29) is 17.6 Å². The Morgan fingerprint density at radius 3 is 2.61 bits per heavy atom. The van der Waals surface area contributed by atoms with Crippen LogP contribution in [-0.2, 0) is 10.2 Å². The quantitative estimate of drug-likeness (QED) is 0.659. The van der Waals surface area contributed by atoms with Crippen LogP contribution < -0.4 is 10.6 Å². The highest BCUT2D eigenvalue weighted by molar-refractivity contribution is 6.07. The molecule has 2 heterocycles. The largest absolute Gasteiger partial charge is 0.325 e. The number of nitro benzene ring substituents is 1. The van der Waals surface area contributed by atoms with Crippen molar-refractivity contribution in [3.8, 4) is 0 Å². The highest BCUT2D eigenvalue weighted by atomic mass is 16.6. The van der Waals surface area contributed by atoms with Crippen molar-refractivity contribution < 1.29 is 9.72 Å². The summed E-state index contributed by atoms with van der Waals surface area (Å²) < 4.78 is 0. The summed E-state index contributed by atoms with van der Waals surface area (Å²) in [7, 11) is 0. The molecule has 2 aliphatic rings. The fraction of sp³-hybridized carbons (Fsp3) is 0.235. The van der Waals surface area contributed by atoms with E-state index in [9.17, 15) is 14.9 Å². The van der Waals surface area contributed by atoms with Crippen LogP contribution in [-0.4, -0.2) is 17.4 Å². The van der Waals surface area contributed by atoms with Gasteiger partial charge in [0.25, 0.3) is 5.69 Å². The molecule has 0 aliphatic carbocycles. The number of amides is 1. The molecule has 0 aromatic heterocycles. The maximum absolute atomic E-state index is 12.8. The van der Waals surface area contributed by atoms with E-state index in [1.54, 1.807) is 12.1 Å². The van der Waals surface area contributed by atoms with Gasteiger partial charge in [-0.25, -0.2) is 0 Å². The Morgan fingerprint density at radius 1 is 1.13 bits per heavy atom. The molecule has 6 heteroatoms. The maximum atomic E-state index is 12.8. The van der Waals surface area contributed by atoms with Gasteiger partial charge < -0.3 is 10.6 Å². The lowest BCUT2D eigenvalue weighted by Gasteiger charge is -2.29. The molecule has 2 atom stereocenters. The smallest absolute Gasteiger partial charge is 0.269 e. The first-order valence-corrected chi connectivity index (χ1v) is 7.51. The third-order valence-corrected chi connectivity index (χ3v) is 4.86. The van der Waals surface area contributed by atoms with Gasteiger partial charge in [-0.2, -0.15) is 0 Å². The highest BCUT2D eigenvalue weighted by Crippen LogP contribution is 2.50. The zero-order chi connectivity index (χ0) is 16.0. The topological polar surface area (TPSA) is 84.3 Å². The summed E-state index contributed by atoms with van der Waals surface area (Å²) in [5.74, 6) is -0.00736. The van der Waals surface area contributed by atoms with Gasteiger partial charge >= 0.3 is 0 Å². The molecule has 0 saturated carbocycles. The lowest BCUT2D eigenvalue weighted by Crippen LogP contribution is -2.39. The molecule has 1 saturated heterocycles. The molecule has 1 fully saturated rings. The molecule has 0 radical (unpaired) electrons. The number of nitrogens with one attached hydrogen (secondary N) is 2. The van der Waals surface area contributed by atoms with Gasteiger partial charge in [-0.1, -0.05) is 30.3 Å². The minimum absolute atomic E-state index is 0.00736. The van der Waals surface area contributed by atoms with Crippen LogP contribution >= 0.6 is 0 Å². The van der Waals surface area contributed by atoms with Gasteiger partial charge in [-0.15, -0.1) is 0 Å². The summed E-state index contributed by atoms with van der Waals surface area (Å²) in [6.07, 6.45) is 0.706. The standard InChI is InChI=1S/C17H15N3O3/c21-16-17(13-3-1-2-4-14(13)19-16)9-10-18-15(17)11-5-7-12(8-6-11)20(22)23/h1-8,15,18H,9-10H2,(H,19,21)/t15-,17+/m0/s1. The first-order valence-electron chi connectivity index (χ1n) is 7.51. The van der Waals surface area contributed by atoms with E-state index in [1.807, 2.05) is 24.3 Å². The van der Waals surface area contributed by atoms with Gasteiger partial charge in [0.2, 0.25) is 5.91 Å². The second kappa shape index (κ2) is 4.89. The summed E-state index contributed by atoms with van der Waals surface area (Å²) in [5.41, 5.74) is 2.15. The lowest BCUT2D eigenvalue weighted by atomic mass is 9.73. The molecule has 2 aromatic carbocycles. The van der Waals surface area contributed by atoms with Crippen molar-refractivity contribution in [3.63, 3.8) is 0 Å². The number of para-hydroxylation sites is 1. The average Bonchev–Trinajstić information content (AvgIpc) is 3.12. The zero-order valence-electron chi connectivity index (χ0n) is 12.3. The Bertz CT molecular complexity index is 803. The Balaban J connectivity index is 1.80. The Morgan fingerprint density at radius 2 is 1.87 bits per heavy atom. The fourth-order valence-corrected chi connectivity index (χ4v) is 3.80. The monoisotopic (exact) mass is 309 g/mol. The van der Waals surface area contributed by atoms with Crippen molar-refractivity contribution >= 4 is 17.3 Å². The van der Waals surface area contributed by atoms with Crippen molar-refractivity contribution in [2.45, 2.75) is 17.9 Å². The normalized spacial score (nSPS) is 25.4. The van der Waals surface area contributed by atoms with Crippen molar-refractivity contribution in [1.82, 2.24) is 5.32 Å². The molecule has 2 aromatic rings. The maximum Gasteiger partial charge on any atom is 0.269 e. The number of nitro groups is 1. The first kappa shape index (κ1) is 13.9. The number of nitrogens with zero attached hydrogens (tertiary/aromatic N) is 1. The number of hydrogen-bond donors (Lipinski definition) is 2.